The van der Waals surface area contributed by atoms with Gasteiger partial charge < -0.3 is 9.64 Å². The Kier molecular flexibility index (Phi) is 6.01. The highest BCUT2D eigenvalue weighted by atomic mass is 16.5. The first-order valence-electron chi connectivity index (χ1n) is 10.8. The van der Waals surface area contributed by atoms with Gasteiger partial charge in [0, 0.05) is 12.6 Å². The number of aryl methyl sites for hydroxylation is 2. The lowest BCUT2D eigenvalue weighted by Gasteiger charge is -2.28. The Balaban J connectivity index is 1.94. The van der Waals surface area contributed by atoms with Crippen molar-refractivity contribution in [2.75, 3.05) is 14.2 Å². The average Bonchev–Trinajstić information content (AvgIpc) is 2.83. The number of carbonyl (C=O) groups is 1. The van der Waals surface area contributed by atoms with Gasteiger partial charge in [0.15, 0.2) is 0 Å². The van der Waals surface area contributed by atoms with Crippen molar-refractivity contribution in [3.05, 3.63) is 99.6 Å². The van der Waals surface area contributed by atoms with E-state index in [1.54, 1.807) is 29.7 Å². The van der Waals surface area contributed by atoms with Crippen molar-refractivity contribution in [3.8, 4) is 11.4 Å². The zero-order chi connectivity index (χ0) is 23.7. The second-order valence-electron chi connectivity index (χ2n) is 8.21. The van der Waals surface area contributed by atoms with Crippen LogP contribution in [-0.2, 0) is 0 Å². The summed E-state index contributed by atoms with van der Waals surface area (Å²) in [5.41, 5.74) is 3.47. The van der Waals surface area contributed by atoms with E-state index in [-0.39, 0.29) is 11.5 Å². The predicted molar refractivity (Wildman–Crippen MR) is 130 cm³/mol. The topological polar surface area (TPSA) is 64.4 Å². The molecule has 0 saturated heterocycles. The molecular weight excluding hydrogens is 414 g/mol. The lowest BCUT2D eigenvalue weighted by molar-refractivity contribution is 0.0734. The third-order valence-corrected chi connectivity index (χ3v) is 6.03. The molecule has 0 saturated carbocycles. The molecule has 0 fully saturated rings. The minimum absolute atomic E-state index is 0.134. The Bertz CT molecular complexity index is 1410. The fourth-order valence-corrected chi connectivity index (χ4v) is 3.99. The van der Waals surface area contributed by atoms with Gasteiger partial charge in [-0.1, -0.05) is 36.4 Å². The average molecular weight is 442 g/mol. The van der Waals surface area contributed by atoms with Crippen LogP contribution in [0, 0.1) is 13.8 Å². The van der Waals surface area contributed by atoms with Gasteiger partial charge in [0.1, 0.15) is 11.6 Å². The molecule has 33 heavy (non-hydrogen) atoms. The molecule has 4 aromatic rings. The monoisotopic (exact) mass is 441 g/mol. The van der Waals surface area contributed by atoms with Crippen molar-refractivity contribution in [2.45, 2.75) is 26.8 Å². The number of benzene rings is 3. The fourth-order valence-electron chi connectivity index (χ4n) is 3.99. The van der Waals surface area contributed by atoms with E-state index >= 15 is 0 Å². The highest BCUT2D eigenvalue weighted by Gasteiger charge is 2.26. The van der Waals surface area contributed by atoms with Crippen molar-refractivity contribution >= 4 is 16.8 Å². The summed E-state index contributed by atoms with van der Waals surface area (Å²) in [6, 6.07) is 19.9. The van der Waals surface area contributed by atoms with Crippen LogP contribution >= 0.6 is 0 Å². The molecule has 3 aromatic carbocycles. The van der Waals surface area contributed by atoms with Crippen LogP contribution in [-0.4, -0.2) is 34.5 Å². The smallest absolute Gasteiger partial charge is 0.266 e. The number of methoxy groups -OCH3 is 1. The Morgan fingerprint density at radius 2 is 1.73 bits per heavy atom. The molecule has 6 nitrogen and oxygen atoms in total. The first-order valence-corrected chi connectivity index (χ1v) is 10.8. The van der Waals surface area contributed by atoms with Crippen LogP contribution in [0.25, 0.3) is 16.6 Å². The number of carbonyl (C=O) groups excluding carboxylic acids is 1. The quantitative estimate of drug-likeness (QED) is 0.444. The molecule has 168 valence electrons. The second kappa shape index (κ2) is 8.90. The summed E-state index contributed by atoms with van der Waals surface area (Å²) in [7, 11) is 3.31. The first kappa shape index (κ1) is 22.3. The van der Waals surface area contributed by atoms with E-state index in [9.17, 15) is 9.59 Å². The van der Waals surface area contributed by atoms with Gasteiger partial charge in [0.25, 0.3) is 11.5 Å². The molecule has 0 aliphatic heterocycles. The van der Waals surface area contributed by atoms with Crippen LogP contribution in [0.5, 0.6) is 5.75 Å². The standard InChI is InChI=1S/C27H27N3O3/c1-17-14-15-24(33-5)23(16-17)30-25(28-22-13-9-8-12-21(22)27(30)32)19(3)29(4)26(31)20-11-7-6-10-18(20)2/h6-16,19H,1-5H3. The van der Waals surface area contributed by atoms with Crippen molar-refractivity contribution in [1.29, 1.82) is 0 Å². The maximum absolute atomic E-state index is 13.7. The molecule has 0 radical (unpaired) electrons. The fraction of sp³-hybridized carbons (Fsp3) is 0.222. The zero-order valence-corrected chi connectivity index (χ0v) is 19.5. The molecule has 1 amide bonds. The first-order chi connectivity index (χ1) is 15.8. The van der Waals surface area contributed by atoms with Crippen molar-refractivity contribution in [2.24, 2.45) is 0 Å². The van der Waals surface area contributed by atoms with E-state index in [4.69, 9.17) is 9.72 Å². The van der Waals surface area contributed by atoms with E-state index in [1.165, 1.54) is 0 Å². The van der Waals surface area contributed by atoms with Crippen LogP contribution < -0.4 is 10.3 Å². The van der Waals surface area contributed by atoms with E-state index in [2.05, 4.69) is 0 Å². The SMILES string of the molecule is COc1ccc(C)cc1-n1c(C(C)N(C)C(=O)c2ccccc2C)nc2ccccc2c1=O. The van der Waals surface area contributed by atoms with Gasteiger partial charge in [-0.2, -0.15) is 0 Å². The van der Waals surface area contributed by atoms with Crippen LogP contribution in [0.4, 0.5) is 0 Å². The third kappa shape index (κ3) is 4.00. The van der Waals surface area contributed by atoms with Gasteiger partial charge in [0.05, 0.1) is 29.7 Å². The number of nitrogens with zero attached hydrogens (tertiary/aromatic N) is 3. The van der Waals surface area contributed by atoms with Crippen LogP contribution in [0.15, 0.2) is 71.5 Å². The Morgan fingerprint density at radius 1 is 1.03 bits per heavy atom. The van der Waals surface area contributed by atoms with E-state index < -0.39 is 6.04 Å². The minimum Gasteiger partial charge on any atom is -0.495 e. The molecule has 1 unspecified atom stereocenters. The summed E-state index contributed by atoms with van der Waals surface area (Å²) in [5, 5.41) is 0.505. The second-order valence-corrected chi connectivity index (χ2v) is 8.21. The van der Waals surface area contributed by atoms with Gasteiger partial charge >= 0.3 is 0 Å². The maximum Gasteiger partial charge on any atom is 0.266 e. The molecule has 0 bridgehead atoms. The number of fused-ring (bicyclic) bond motifs is 1. The molecule has 1 heterocycles. The molecular formula is C27H27N3O3. The maximum atomic E-state index is 13.7. The molecule has 6 heteroatoms. The molecule has 1 atom stereocenters. The zero-order valence-electron chi connectivity index (χ0n) is 19.5. The van der Waals surface area contributed by atoms with Crippen molar-refractivity contribution < 1.29 is 9.53 Å². The van der Waals surface area contributed by atoms with Gasteiger partial charge in [-0.05, 0) is 62.2 Å². The summed E-state index contributed by atoms with van der Waals surface area (Å²) >= 11 is 0. The number of ether oxygens (including phenoxy) is 1. The van der Waals surface area contributed by atoms with Crippen LogP contribution in [0.2, 0.25) is 0 Å². The number of amides is 1. The van der Waals surface area contributed by atoms with Crippen LogP contribution in [0.1, 0.15) is 40.3 Å². The van der Waals surface area contributed by atoms with Gasteiger partial charge in [-0.15, -0.1) is 0 Å². The Labute approximate surface area is 193 Å². The van der Waals surface area contributed by atoms with E-state index in [1.807, 2.05) is 81.4 Å². The Morgan fingerprint density at radius 3 is 2.45 bits per heavy atom. The van der Waals surface area contributed by atoms with Crippen molar-refractivity contribution in [1.82, 2.24) is 14.5 Å². The van der Waals surface area contributed by atoms with Crippen molar-refractivity contribution in [3.63, 3.8) is 0 Å². The van der Waals surface area contributed by atoms with Gasteiger partial charge in [-0.25, -0.2) is 4.98 Å². The van der Waals surface area contributed by atoms with E-state index in [0.29, 0.717) is 33.7 Å². The summed E-state index contributed by atoms with van der Waals surface area (Å²) in [6.45, 7) is 5.75. The van der Waals surface area contributed by atoms with Crippen LogP contribution in [0.3, 0.4) is 0 Å². The summed E-state index contributed by atoms with van der Waals surface area (Å²) in [6.07, 6.45) is 0. The normalized spacial score (nSPS) is 11.9. The third-order valence-electron chi connectivity index (χ3n) is 6.03. The number of aromatic nitrogens is 2. The molecule has 0 N–H and O–H groups in total. The summed E-state index contributed by atoms with van der Waals surface area (Å²) < 4.78 is 7.15. The van der Waals surface area contributed by atoms with E-state index in [0.717, 1.165) is 11.1 Å². The number of rotatable bonds is 5. The highest BCUT2D eigenvalue weighted by molar-refractivity contribution is 5.95. The number of para-hydroxylation sites is 1. The minimum atomic E-state index is -0.486. The molecule has 0 spiro atoms. The molecule has 0 aliphatic rings. The molecule has 4 rings (SSSR count). The largest absolute Gasteiger partial charge is 0.495 e. The number of hydrogen-bond acceptors (Lipinski definition) is 4. The predicted octanol–water partition coefficient (Wildman–Crippen LogP) is 4.84. The summed E-state index contributed by atoms with van der Waals surface area (Å²) in [4.78, 5) is 33.5. The summed E-state index contributed by atoms with van der Waals surface area (Å²) in [5.74, 6) is 0.888. The molecule has 1 aromatic heterocycles. The highest BCUT2D eigenvalue weighted by Crippen LogP contribution is 2.29. The Hall–Kier alpha value is -3.93. The lowest BCUT2D eigenvalue weighted by Crippen LogP contribution is -2.35. The van der Waals surface area contributed by atoms with Gasteiger partial charge in [0.2, 0.25) is 0 Å². The van der Waals surface area contributed by atoms with Gasteiger partial charge in [-0.3, -0.25) is 14.2 Å². The lowest BCUT2D eigenvalue weighted by atomic mass is 10.1. The number of hydrogen-bond donors (Lipinski definition) is 0. The molecule has 0 aliphatic carbocycles.